The van der Waals surface area contributed by atoms with Gasteiger partial charge in [0.2, 0.25) is 4.93 Å². The van der Waals surface area contributed by atoms with E-state index in [0.717, 1.165) is 0 Å². The highest BCUT2D eigenvalue weighted by Crippen LogP contribution is 2.07. The number of aliphatic hydroxyl groups excluding tert-OH is 1. The van der Waals surface area contributed by atoms with Crippen LogP contribution in [0.1, 0.15) is 0 Å². The first-order valence-electron chi connectivity index (χ1n) is 1.79. The van der Waals surface area contributed by atoms with Crippen LogP contribution in [0.4, 0.5) is 0 Å². The van der Waals surface area contributed by atoms with Crippen molar-refractivity contribution in [1.29, 1.82) is 0 Å². The highest BCUT2D eigenvalue weighted by Gasteiger charge is 2.29. The zero-order chi connectivity index (χ0) is 6.78. The minimum absolute atomic E-state index is 0.897. The van der Waals surface area contributed by atoms with Crippen LogP contribution in [0, 0.1) is 0 Å². The molecular formula is C3H6O4S. The van der Waals surface area contributed by atoms with Gasteiger partial charge in [-0.25, -0.2) is 4.79 Å². The van der Waals surface area contributed by atoms with Gasteiger partial charge in [-0.2, -0.15) is 0 Å². The Morgan fingerprint density at radius 2 is 2.12 bits per heavy atom. The zero-order valence-corrected chi connectivity index (χ0v) is 4.80. The summed E-state index contributed by atoms with van der Waals surface area (Å²) in [6, 6.07) is 0. The number of thiol groups is 1. The third kappa shape index (κ3) is 1.69. The molecule has 0 aliphatic carbocycles. The lowest BCUT2D eigenvalue weighted by molar-refractivity contribution is -0.151. The van der Waals surface area contributed by atoms with Crippen LogP contribution in [-0.2, 0) is 4.79 Å². The Balaban J connectivity index is 3.91. The summed E-state index contributed by atoms with van der Waals surface area (Å²) in [5.74, 6) is -1.55. The molecule has 0 aromatic rings. The Labute approximate surface area is 51.2 Å². The first kappa shape index (κ1) is 7.74. The van der Waals surface area contributed by atoms with Crippen molar-refractivity contribution in [1.82, 2.24) is 0 Å². The number of carboxylic acids is 1. The van der Waals surface area contributed by atoms with E-state index in [1.54, 1.807) is 0 Å². The minimum atomic E-state index is -2.29. The topological polar surface area (TPSA) is 77.8 Å². The summed E-state index contributed by atoms with van der Waals surface area (Å²) in [6.07, 6.45) is 0. The lowest BCUT2D eigenvalue weighted by Crippen LogP contribution is -2.35. The normalized spacial score (nSPS) is 17.4. The molecule has 0 rings (SSSR count). The van der Waals surface area contributed by atoms with Gasteiger partial charge in [0.15, 0.2) is 0 Å². The first-order valence-corrected chi connectivity index (χ1v) is 2.24. The predicted molar refractivity (Wildman–Crippen MR) is 28.7 cm³/mol. The van der Waals surface area contributed by atoms with Crippen LogP contribution in [0.15, 0.2) is 0 Å². The van der Waals surface area contributed by atoms with Crippen molar-refractivity contribution in [2.45, 2.75) is 4.93 Å². The third-order valence-corrected chi connectivity index (χ3v) is 0.896. The van der Waals surface area contributed by atoms with Crippen molar-refractivity contribution < 1.29 is 20.1 Å². The molecule has 0 saturated carbocycles. The lowest BCUT2D eigenvalue weighted by atomic mass is 10.4. The van der Waals surface area contributed by atoms with E-state index in [-0.39, 0.29) is 0 Å². The second-order valence-corrected chi connectivity index (χ2v) is 2.02. The monoisotopic (exact) mass is 138 g/mol. The standard InChI is InChI=1S/C3H6O4S/c4-1-3(7,8)2(5)6/h4,7-8H,1H2,(H,5,6). The van der Waals surface area contributed by atoms with Crippen LogP contribution >= 0.6 is 12.6 Å². The third-order valence-electron chi connectivity index (χ3n) is 0.563. The molecule has 5 heteroatoms. The maximum atomic E-state index is 9.77. The van der Waals surface area contributed by atoms with Crippen molar-refractivity contribution in [3.63, 3.8) is 0 Å². The summed E-state index contributed by atoms with van der Waals surface area (Å²) < 4.78 is 0. The zero-order valence-electron chi connectivity index (χ0n) is 3.90. The van der Waals surface area contributed by atoms with E-state index in [9.17, 15) is 4.79 Å². The fraction of sp³-hybridized carbons (Fsp3) is 0.667. The second kappa shape index (κ2) is 2.34. The van der Waals surface area contributed by atoms with E-state index in [1.165, 1.54) is 0 Å². The van der Waals surface area contributed by atoms with E-state index in [0.29, 0.717) is 0 Å². The molecule has 0 aromatic carbocycles. The van der Waals surface area contributed by atoms with E-state index < -0.39 is 17.5 Å². The molecular weight excluding hydrogens is 132 g/mol. The molecule has 0 heterocycles. The van der Waals surface area contributed by atoms with Gasteiger partial charge in [-0.05, 0) is 0 Å². The molecule has 0 bridgehead atoms. The number of rotatable bonds is 2. The quantitative estimate of drug-likeness (QED) is 0.282. The van der Waals surface area contributed by atoms with E-state index >= 15 is 0 Å². The Bertz CT molecular complexity index is 99.5. The molecule has 0 amide bonds. The Kier molecular flexibility index (Phi) is 2.26. The van der Waals surface area contributed by atoms with Gasteiger partial charge in [0, 0.05) is 0 Å². The molecule has 0 fully saturated rings. The number of carboxylic acid groups (broad SMARTS) is 1. The van der Waals surface area contributed by atoms with Crippen LogP contribution in [0.3, 0.4) is 0 Å². The molecule has 0 aliphatic heterocycles. The number of carbonyl (C=O) groups is 1. The highest BCUT2D eigenvalue weighted by molar-refractivity contribution is 7.82. The summed E-state index contributed by atoms with van der Waals surface area (Å²) >= 11 is 3.19. The maximum absolute atomic E-state index is 9.77. The van der Waals surface area contributed by atoms with Crippen molar-refractivity contribution in [2.24, 2.45) is 0 Å². The van der Waals surface area contributed by atoms with Crippen LogP contribution in [0.25, 0.3) is 0 Å². The van der Waals surface area contributed by atoms with Gasteiger partial charge < -0.3 is 15.3 Å². The summed E-state index contributed by atoms with van der Waals surface area (Å²) in [7, 11) is 0. The van der Waals surface area contributed by atoms with E-state index in [4.69, 9.17) is 15.3 Å². The van der Waals surface area contributed by atoms with Gasteiger partial charge in [-0.15, -0.1) is 12.6 Å². The Hall–Kier alpha value is -0.260. The van der Waals surface area contributed by atoms with Gasteiger partial charge in [0.05, 0.1) is 6.61 Å². The highest BCUT2D eigenvalue weighted by atomic mass is 32.1. The molecule has 8 heavy (non-hydrogen) atoms. The van der Waals surface area contributed by atoms with Gasteiger partial charge in [0.1, 0.15) is 0 Å². The van der Waals surface area contributed by atoms with Crippen LogP contribution < -0.4 is 0 Å². The molecule has 0 aliphatic rings. The molecule has 0 aromatic heterocycles. The average molecular weight is 138 g/mol. The number of hydrogen-bond donors (Lipinski definition) is 4. The molecule has 48 valence electrons. The summed E-state index contributed by atoms with van der Waals surface area (Å²) in [5.41, 5.74) is 0. The SMILES string of the molecule is O=C(O)C(O)(S)CO. The second-order valence-electron chi connectivity index (χ2n) is 1.28. The molecule has 1 unspecified atom stereocenters. The number of aliphatic hydroxyl groups is 2. The predicted octanol–water partition coefficient (Wildman–Crippen LogP) is -1.32. The van der Waals surface area contributed by atoms with Crippen molar-refractivity contribution >= 4 is 18.6 Å². The molecule has 4 nitrogen and oxygen atoms in total. The van der Waals surface area contributed by atoms with Gasteiger partial charge in [-0.1, -0.05) is 0 Å². The van der Waals surface area contributed by atoms with E-state index in [1.807, 2.05) is 0 Å². The minimum Gasteiger partial charge on any atom is -0.478 e. The molecule has 0 spiro atoms. The number of aliphatic carboxylic acids is 1. The van der Waals surface area contributed by atoms with Gasteiger partial charge in [0.25, 0.3) is 0 Å². The fourth-order valence-corrected chi connectivity index (χ4v) is 0.0676. The summed E-state index contributed by atoms with van der Waals surface area (Å²) in [4.78, 5) is 7.47. The van der Waals surface area contributed by atoms with Gasteiger partial charge in [-0.3, -0.25) is 0 Å². The van der Waals surface area contributed by atoms with Crippen LogP contribution in [0.5, 0.6) is 0 Å². The summed E-state index contributed by atoms with van der Waals surface area (Å²) in [6.45, 7) is -0.897. The van der Waals surface area contributed by atoms with Crippen molar-refractivity contribution in [3.8, 4) is 0 Å². The fourth-order valence-electron chi connectivity index (χ4n) is 0.0676. The molecule has 0 saturated heterocycles. The number of hydrogen-bond acceptors (Lipinski definition) is 4. The van der Waals surface area contributed by atoms with Crippen LogP contribution in [-0.4, -0.2) is 32.8 Å². The Morgan fingerprint density at radius 1 is 1.75 bits per heavy atom. The smallest absolute Gasteiger partial charge is 0.348 e. The molecule has 3 N–H and O–H groups in total. The molecule has 1 atom stereocenters. The largest absolute Gasteiger partial charge is 0.478 e. The average Bonchev–Trinajstić information content (AvgIpc) is 1.67. The van der Waals surface area contributed by atoms with Crippen molar-refractivity contribution in [2.75, 3.05) is 6.61 Å². The first-order chi connectivity index (χ1) is 3.50. The lowest BCUT2D eigenvalue weighted by Gasteiger charge is -2.11. The maximum Gasteiger partial charge on any atom is 0.348 e. The summed E-state index contributed by atoms with van der Waals surface area (Å²) in [5, 5.41) is 24.4. The van der Waals surface area contributed by atoms with Crippen molar-refractivity contribution in [3.05, 3.63) is 0 Å². The van der Waals surface area contributed by atoms with Gasteiger partial charge >= 0.3 is 5.97 Å². The van der Waals surface area contributed by atoms with Crippen LogP contribution in [0.2, 0.25) is 0 Å². The molecule has 0 radical (unpaired) electrons. The Morgan fingerprint density at radius 3 is 2.12 bits per heavy atom. The van der Waals surface area contributed by atoms with E-state index in [2.05, 4.69) is 12.6 Å².